The number of ether oxygens (including phenoxy) is 2. The topological polar surface area (TPSA) is 74.6 Å². The van der Waals surface area contributed by atoms with Crippen LogP contribution in [0, 0.1) is 11.3 Å². The Labute approximate surface area is 166 Å². The first-order valence-electron chi connectivity index (χ1n) is 9.00. The van der Waals surface area contributed by atoms with E-state index in [2.05, 4.69) is 5.32 Å². The first-order chi connectivity index (χ1) is 13.5. The van der Waals surface area contributed by atoms with Crippen molar-refractivity contribution in [2.45, 2.75) is 19.9 Å². The van der Waals surface area contributed by atoms with Crippen molar-refractivity contribution in [2.24, 2.45) is 0 Å². The lowest BCUT2D eigenvalue weighted by Gasteiger charge is -2.20. The third-order valence-corrected chi connectivity index (χ3v) is 4.33. The second-order valence-corrected chi connectivity index (χ2v) is 6.09. The number of para-hydroxylation sites is 1. The number of nitriles is 1. The highest BCUT2D eigenvalue weighted by Crippen LogP contribution is 2.30. The number of carbonyl (C=O) groups is 1. The molecule has 1 atom stereocenters. The maximum absolute atomic E-state index is 12.6. The van der Waals surface area contributed by atoms with Crippen LogP contribution in [0.1, 0.15) is 25.5 Å². The Bertz CT molecular complexity index is 872. The standard InChI is InChI=1S/C22H25N3O3/c1-5-25(19-9-7-6-8-10-19)15-18(14-23)22(26)24-16(2)17-11-12-20(27-3)21(13-17)28-4/h6-13,15-16H,5H2,1-4H3,(H,24,26)/b18-15-. The van der Waals surface area contributed by atoms with Gasteiger partial charge in [-0.15, -0.1) is 0 Å². The monoisotopic (exact) mass is 379 g/mol. The lowest BCUT2D eigenvalue weighted by atomic mass is 10.1. The van der Waals surface area contributed by atoms with E-state index in [0.29, 0.717) is 18.0 Å². The highest BCUT2D eigenvalue weighted by atomic mass is 16.5. The second kappa shape index (κ2) is 10.0. The van der Waals surface area contributed by atoms with Crippen molar-refractivity contribution < 1.29 is 14.3 Å². The van der Waals surface area contributed by atoms with Crippen molar-refractivity contribution in [1.29, 1.82) is 5.26 Å². The third kappa shape index (κ3) is 5.04. The van der Waals surface area contributed by atoms with Crippen molar-refractivity contribution in [3.8, 4) is 17.6 Å². The zero-order valence-corrected chi connectivity index (χ0v) is 16.6. The van der Waals surface area contributed by atoms with Gasteiger partial charge in [-0.25, -0.2) is 0 Å². The van der Waals surface area contributed by atoms with Crippen LogP contribution in [-0.4, -0.2) is 26.7 Å². The fourth-order valence-electron chi connectivity index (χ4n) is 2.74. The van der Waals surface area contributed by atoms with Gasteiger partial charge in [0.25, 0.3) is 5.91 Å². The summed E-state index contributed by atoms with van der Waals surface area (Å²) in [4.78, 5) is 14.5. The van der Waals surface area contributed by atoms with Crippen LogP contribution >= 0.6 is 0 Å². The number of hydrogen-bond donors (Lipinski definition) is 1. The van der Waals surface area contributed by atoms with E-state index in [9.17, 15) is 10.1 Å². The second-order valence-electron chi connectivity index (χ2n) is 6.09. The molecule has 1 unspecified atom stereocenters. The molecule has 0 aliphatic heterocycles. The fourth-order valence-corrected chi connectivity index (χ4v) is 2.74. The Morgan fingerprint density at radius 2 is 1.86 bits per heavy atom. The van der Waals surface area contributed by atoms with Crippen molar-refractivity contribution in [1.82, 2.24) is 5.32 Å². The maximum atomic E-state index is 12.6. The molecular formula is C22H25N3O3. The summed E-state index contributed by atoms with van der Waals surface area (Å²) in [6.07, 6.45) is 1.58. The van der Waals surface area contributed by atoms with Gasteiger partial charge >= 0.3 is 0 Å². The summed E-state index contributed by atoms with van der Waals surface area (Å²) in [5.74, 6) is 0.765. The van der Waals surface area contributed by atoms with E-state index >= 15 is 0 Å². The lowest BCUT2D eigenvalue weighted by molar-refractivity contribution is -0.117. The third-order valence-electron chi connectivity index (χ3n) is 4.33. The molecule has 1 N–H and O–H groups in total. The van der Waals surface area contributed by atoms with E-state index < -0.39 is 5.91 Å². The highest BCUT2D eigenvalue weighted by Gasteiger charge is 2.17. The predicted molar refractivity (Wildman–Crippen MR) is 109 cm³/mol. The van der Waals surface area contributed by atoms with Crippen molar-refractivity contribution in [3.05, 3.63) is 65.9 Å². The molecule has 1 amide bonds. The zero-order chi connectivity index (χ0) is 20.5. The Morgan fingerprint density at radius 3 is 2.43 bits per heavy atom. The molecular weight excluding hydrogens is 354 g/mol. The van der Waals surface area contributed by atoms with Crippen LogP contribution in [0.5, 0.6) is 11.5 Å². The van der Waals surface area contributed by atoms with Gasteiger partial charge in [0.15, 0.2) is 11.5 Å². The smallest absolute Gasteiger partial charge is 0.263 e. The van der Waals surface area contributed by atoms with Gasteiger partial charge in [-0.2, -0.15) is 5.26 Å². The fraction of sp³-hybridized carbons (Fsp3) is 0.273. The number of nitrogens with zero attached hydrogens (tertiary/aromatic N) is 2. The number of carbonyl (C=O) groups excluding carboxylic acids is 1. The number of benzene rings is 2. The number of rotatable bonds is 8. The van der Waals surface area contributed by atoms with E-state index in [1.54, 1.807) is 26.5 Å². The Kier molecular flexibility index (Phi) is 7.46. The summed E-state index contributed by atoms with van der Waals surface area (Å²) in [6.45, 7) is 4.44. The molecule has 6 heteroatoms. The molecule has 0 spiro atoms. The summed E-state index contributed by atoms with van der Waals surface area (Å²) in [5, 5.41) is 12.3. The average Bonchev–Trinajstić information content (AvgIpc) is 2.74. The first-order valence-corrected chi connectivity index (χ1v) is 9.00. The van der Waals surface area contributed by atoms with Gasteiger partial charge in [-0.05, 0) is 43.7 Å². The minimum Gasteiger partial charge on any atom is -0.493 e. The Balaban J connectivity index is 2.18. The molecule has 28 heavy (non-hydrogen) atoms. The van der Waals surface area contributed by atoms with Crippen LogP contribution in [0.25, 0.3) is 0 Å². The molecule has 146 valence electrons. The molecule has 2 aromatic carbocycles. The Morgan fingerprint density at radius 1 is 1.18 bits per heavy atom. The highest BCUT2D eigenvalue weighted by molar-refractivity contribution is 5.97. The molecule has 0 aromatic heterocycles. The number of nitrogens with one attached hydrogen (secondary N) is 1. The van der Waals surface area contributed by atoms with Gasteiger partial charge in [0.05, 0.1) is 20.3 Å². The predicted octanol–water partition coefficient (Wildman–Crippen LogP) is 3.81. The van der Waals surface area contributed by atoms with Gasteiger partial charge in [-0.1, -0.05) is 24.3 Å². The molecule has 0 saturated heterocycles. The molecule has 0 bridgehead atoms. The average molecular weight is 379 g/mol. The number of hydrogen-bond acceptors (Lipinski definition) is 5. The zero-order valence-electron chi connectivity index (χ0n) is 16.6. The van der Waals surface area contributed by atoms with Crippen LogP contribution in [-0.2, 0) is 4.79 Å². The van der Waals surface area contributed by atoms with Crippen molar-refractivity contribution >= 4 is 11.6 Å². The summed E-state index contributed by atoms with van der Waals surface area (Å²) >= 11 is 0. The lowest BCUT2D eigenvalue weighted by Crippen LogP contribution is -2.29. The van der Waals surface area contributed by atoms with Crippen LogP contribution in [0.3, 0.4) is 0 Å². The largest absolute Gasteiger partial charge is 0.493 e. The van der Waals surface area contributed by atoms with Crippen molar-refractivity contribution in [3.63, 3.8) is 0 Å². The molecule has 6 nitrogen and oxygen atoms in total. The van der Waals surface area contributed by atoms with E-state index in [-0.39, 0.29) is 11.6 Å². The molecule has 0 aliphatic carbocycles. The molecule has 0 saturated carbocycles. The van der Waals surface area contributed by atoms with E-state index in [0.717, 1.165) is 11.3 Å². The Hall–Kier alpha value is -3.46. The minimum atomic E-state index is -0.431. The van der Waals surface area contributed by atoms with Gasteiger partial charge in [0.2, 0.25) is 0 Å². The maximum Gasteiger partial charge on any atom is 0.263 e. The number of amides is 1. The molecule has 0 aliphatic rings. The van der Waals surface area contributed by atoms with E-state index in [1.165, 1.54) is 0 Å². The van der Waals surface area contributed by atoms with E-state index in [4.69, 9.17) is 9.47 Å². The summed E-state index contributed by atoms with van der Waals surface area (Å²) in [5.41, 5.74) is 1.80. The van der Waals surface area contributed by atoms with Gasteiger partial charge in [0, 0.05) is 18.4 Å². The normalized spacial score (nSPS) is 11.9. The summed E-state index contributed by atoms with van der Waals surface area (Å²) in [6, 6.07) is 16.7. The quantitative estimate of drug-likeness (QED) is 0.558. The first kappa shape index (κ1) is 20.8. The SMILES string of the molecule is CCN(/C=C(/C#N)C(=O)NC(C)c1ccc(OC)c(OC)c1)c1ccccc1. The summed E-state index contributed by atoms with van der Waals surface area (Å²) in [7, 11) is 3.13. The van der Waals surface area contributed by atoms with Crippen LogP contribution in [0.15, 0.2) is 60.3 Å². The van der Waals surface area contributed by atoms with Crippen molar-refractivity contribution in [2.75, 3.05) is 25.7 Å². The molecule has 0 fully saturated rings. The number of methoxy groups -OCH3 is 2. The van der Waals surface area contributed by atoms with Gasteiger partial charge in [0.1, 0.15) is 11.6 Å². The minimum absolute atomic E-state index is 0.0398. The van der Waals surface area contributed by atoms with E-state index in [1.807, 2.05) is 67.3 Å². The van der Waals surface area contributed by atoms with Crippen LogP contribution in [0.2, 0.25) is 0 Å². The molecule has 0 radical (unpaired) electrons. The van der Waals surface area contributed by atoms with Gasteiger partial charge < -0.3 is 19.7 Å². The van der Waals surface area contributed by atoms with Crippen LogP contribution in [0.4, 0.5) is 5.69 Å². The molecule has 0 heterocycles. The number of anilines is 1. The molecule has 2 aromatic rings. The van der Waals surface area contributed by atoms with Gasteiger partial charge in [-0.3, -0.25) is 4.79 Å². The van der Waals surface area contributed by atoms with Crippen LogP contribution < -0.4 is 19.7 Å². The summed E-state index contributed by atoms with van der Waals surface area (Å²) < 4.78 is 10.5. The molecule has 2 rings (SSSR count).